The molecule has 0 saturated heterocycles. The molecule has 2 N–H and O–H groups in total. The van der Waals surface area contributed by atoms with Crippen molar-refractivity contribution < 1.29 is 14.5 Å². The zero-order valence-corrected chi connectivity index (χ0v) is 11.9. The number of nitro groups is 1. The minimum atomic E-state index is -0.497. The Kier molecular flexibility index (Phi) is 6.40. The predicted octanol–water partition coefficient (Wildman–Crippen LogP) is 1.53. The molecule has 8 heteroatoms. The number of hydrogen-bond donors (Lipinski definition) is 2. The molecule has 104 valence electrons. The fourth-order valence-corrected chi connectivity index (χ4v) is 1.76. The maximum atomic E-state index is 11.6. The summed E-state index contributed by atoms with van der Waals surface area (Å²) in [6.45, 7) is 1.24. The molecule has 0 aliphatic rings. The van der Waals surface area contributed by atoms with Crippen molar-refractivity contribution in [3.05, 3.63) is 32.8 Å². The molecule has 19 heavy (non-hydrogen) atoms. The molecule has 0 bridgehead atoms. The van der Waals surface area contributed by atoms with Crippen LogP contribution >= 0.6 is 15.9 Å². The molecule has 0 heterocycles. The van der Waals surface area contributed by atoms with Gasteiger partial charge in [0.25, 0.3) is 5.69 Å². The third kappa shape index (κ3) is 5.33. The Labute approximate surface area is 118 Å². The summed E-state index contributed by atoms with van der Waals surface area (Å²) in [7, 11) is 1.58. The maximum absolute atomic E-state index is 11.6. The molecule has 7 nitrogen and oxygen atoms in total. The summed E-state index contributed by atoms with van der Waals surface area (Å²) in [5.74, 6) is -0.231. The van der Waals surface area contributed by atoms with Crippen molar-refractivity contribution in [1.82, 2.24) is 5.32 Å². The molecule has 0 spiro atoms. The van der Waals surface area contributed by atoms with Crippen LogP contribution in [0.3, 0.4) is 0 Å². The summed E-state index contributed by atoms with van der Waals surface area (Å²) >= 11 is 3.18. The molecule has 1 aromatic rings. The molecule has 0 aliphatic carbocycles. The highest BCUT2D eigenvalue weighted by molar-refractivity contribution is 9.10. The van der Waals surface area contributed by atoms with Crippen LogP contribution in [-0.4, -0.2) is 37.6 Å². The van der Waals surface area contributed by atoms with Gasteiger partial charge in [-0.1, -0.05) is 0 Å². The van der Waals surface area contributed by atoms with Crippen LogP contribution in [0.25, 0.3) is 0 Å². The Bertz CT molecular complexity index is 467. The molecule has 0 unspecified atom stereocenters. The molecular weight excluding hydrogens is 318 g/mol. The van der Waals surface area contributed by atoms with Crippen molar-refractivity contribution in [3.63, 3.8) is 0 Å². The van der Waals surface area contributed by atoms with Gasteiger partial charge >= 0.3 is 0 Å². The first kappa shape index (κ1) is 15.5. The number of ether oxygens (including phenoxy) is 1. The summed E-state index contributed by atoms with van der Waals surface area (Å²) in [6.07, 6.45) is 0. The summed E-state index contributed by atoms with van der Waals surface area (Å²) < 4.78 is 5.30. The number of rotatable bonds is 7. The number of non-ortho nitro benzene ring substituents is 1. The Hall–Kier alpha value is -1.51. The van der Waals surface area contributed by atoms with E-state index >= 15 is 0 Å². The van der Waals surface area contributed by atoms with E-state index in [9.17, 15) is 14.9 Å². The molecule has 1 aromatic carbocycles. The Morgan fingerprint density at radius 2 is 2.26 bits per heavy atom. The number of nitrogens with zero attached hydrogens (tertiary/aromatic N) is 1. The highest BCUT2D eigenvalue weighted by atomic mass is 79.9. The van der Waals surface area contributed by atoms with Crippen LogP contribution in [0.15, 0.2) is 22.7 Å². The lowest BCUT2D eigenvalue weighted by Crippen LogP contribution is -2.30. The number of carbonyl (C=O) groups excluding carboxylic acids is 1. The lowest BCUT2D eigenvalue weighted by atomic mass is 10.3. The summed E-state index contributed by atoms with van der Waals surface area (Å²) in [6, 6.07) is 4.15. The van der Waals surface area contributed by atoms with Gasteiger partial charge in [-0.25, -0.2) is 0 Å². The number of benzene rings is 1. The van der Waals surface area contributed by atoms with Crippen LogP contribution in [-0.2, 0) is 9.53 Å². The zero-order valence-electron chi connectivity index (χ0n) is 10.3. The van der Waals surface area contributed by atoms with Crippen molar-refractivity contribution in [2.24, 2.45) is 0 Å². The van der Waals surface area contributed by atoms with E-state index in [4.69, 9.17) is 4.74 Å². The smallest absolute Gasteiger partial charge is 0.270 e. The number of methoxy groups -OCH3 is 1. The standard InChI is InChI=1S/C11H14BrN3O4/c1-19-5-4-13-7-11(16)14-10-3-2-8(15(17)18)6-9(10)12/h2-3,6,13H,4-5,7H2,1H3,(H,14,16). The van der Waals surface area contributed by atoms with E-state index in [1.807, 2.05) is 0 Å². The Morgan fingerprint density at radius 3 is 2.84 bits per heavy atom. The van der Waals surface area contributed by atoms with Gasteiger partial charge in [0.1, 0.15) is 0 Å². The number of hydrogen-bond acceptors (Lipinski definition) is 5. The summed E-state index contributed by atoms with van der Waals surface area (Å²) in [4.78, 5) is 21.6. The first-order valence-electron chi connectivity index (χ1n) is 5.48. The van der Waals surface area contributed by atoms with E-state index in [2.05, 4.69) is 26.6 Å². The molecule has 0 saturated carbocycles. The number of nitro benzene ring substituents is 1. The van der Waals surface area contributed by atoms with Gasteiger partial charge in [-0.2, -0.15) is 0 Å². The molecule has 0 aromatic heterocycles. The minimum absolute atomic E-state index is 0.0388. The minimum Gasteiger partial charge on any atom is -0.383 e. The van der Waals surface area contributed by atoms with E-state index in [-0.39, 0.29) is 18.1 Å². The Balaban J connectivity index is 2.52. The predicted molar refractivity (Wildman–Crippen MR) is 74.2 cm³/mol. The summed E-state index contributed by atoms with van der Waals surface area (Å²) in [5, 5.41) is 16.1. The third-order valence-electron chi connectivity index (χ3n) is 2.21. The van der Waals surface area contributed by atoms with Gasteiger partial charge in [0, 0.05) is 30.3 Å². The van der Waals surface area contributed by atoms with E-state index in [1.54, 1.807) is 7.11 Å². The van der Waals surface area contributed by atoms with Gasteiger partial charge in [0.05, 0.1) is 23.8 Å². The van der Waals surface area contributed by atoms with Gasteiger partial charge in [0.15, 0.2) is 0 Å². The van der Waals surface area contributed by atoms with Gasteiger partial charge in [-0.3, -0.25) is 14.9 Å². The third-order valence-corrected chi connectivity index (χ3v) is 2.86. The van der Waals surface area contributed by atoms with Crippen molar-refractivity contribution in [3.8, 4) is 0 Å². The quantitative estimate of drug-likeness (QED) is 0.449. The lowest BCUT2D eigenvalue weighted by Gasteiger charge is -2.08. The van der Waals surface area contributed by atoms with Crippen molar-refractivity contribution >= 4 is 33.2 Å². The number of amides is 1. The molecule has 0 aliphatic heterocycles. The second kappa shape index (κ2) is 7.82. The fraction of sp³-hybridized carbons (Fsp3) is 0.364. The monoisotopic (exact) mass is 331 g/mol. The second-order valence-corrected chi connectivity index (χ2v) is 4.49. The number of carbonyl (C=O) groups is 1. The SMILES string of the molecule is COCCNCC(=O)Nc1ccc([N+](=O)[O-])cc1Br. The number of nitrogens with one attached hydrogen (secondary N) is 2. The molecule has 0 atom stereocenters. The van der Waals surface area contributed by atoms with Crippen molar-refractivity contribution in [2.45, 2.75) is 0 Å². The Morgan fingerprint density at radius 1 is 1.53 bits per heavy atom. The van der Waals surface area contributed by atoms with Gasteiger partial charge in [-0.15, -0.1) is 0 Å². The van der Waals surface area contributed by atoms with E-state index in [1.165, 1.54) is 18.2 Å². The van der Waals surface area contributed by atoms with E-state index < -0.39 is 4.92 Å². The first-order chi connectivity index (χ1) is 9.04. The van der Waals surface area contributed by atoms with Crippen LogP contribution < -0.4 is 10.6 Å². The van der Waals surface area contributed by atoms with Gasteiger partial charge in [-0.05, 0) is 22.0 Å². The highest BCUT2D eigenvalue weighted by Crippen LogP contribution is 2.26. The largest absolute Gasteiger partial charge is 0.383 e. The van der Waals surface area contributed by atoms with Gasteiger partial charge in [0.2, 0.25) is 5.91 Å². The number of halogens is 1. The normalized spacial score (nSPS) is 10.2. The van der Waals surface area contributed by atoms with Gasteiger partial charge < -0.3 is 15.4 Å². The first-order valence-corrected chi connectivity index (χ1v) is 6.27. The lowest BCUT2D eigenvalue weighted by molar-refractivity contribution is -0.384. The zero-order chi connectivity index (χ0) is 14.3. The van der Waals surface area contributed by atoms with E-state index in [0.717, 1.165) is 0 Å². The summed E-state index contributed by atoms with van der Waals surface area (Å²) in [5.41, 5.74) is 0.451. The van der Waals surface area contributed by atoms with Crippen molar-refractivity contribution in [1.29, 1.82) is 0 Å². The van der Waals surface area contributed by atoms with Crippen LogP contribution in [0.4, 0.5) is 11.4 Å². The van der Waals surface area contributed by atoms with Crippen LogP contribution in [0, 0.1) is 10.1 Å². The van der Waals surface area contributed by atoms with Crippen molar-refractivity contribution in [2.75, 3.05) is 32.1 Å². The molecule has 0 fully saturated rings. The number of anilines is 1. The topological polar surface area (TPSA) is 93.5 Å². The molecule has 0 radical (unpaired) electrons. The molecule has 1 amide bonds. The van der Waals surface area contributed by atoms with Crippen LogP contribution in [0.5, 0.6) is 0 Å². The average Bonchev–Trinajstić information content (AvgIpc) is 2.37. The van der Waals surface area contributed by atoms with Crippen LogP contribution in [0.1, 0.15) is 0 Å². The fourth-order valence-electron chi connectivity index (χ4n) is 1.29. The van der Waals surface area contributed by atoms with Crippen LogP contribution in [0.2, 0.25) is 0 Å². The van der Waals surface area contributed by atoms with E-state index in [0.29, 0.717) is 23.3 Å². The second-order valence-electron chi connectivity index (χ2n) is 3.64. The maximum Gasteiger partial charge on any atom is 0.270 e. The molecular formula is C11H14BrN3O4. The average molecular weight is 332 g/mol. The highest BCUT2D eigenvalue weighted by Gasteiger charge is 2.10. The molecule has 1 rings (SSSR count).